The topological polar surface area (TPSA) is 32.7 Å². The standard InChI is InChI=1S/C14H27NO2/c1-17-14-8-5-7-12(10-14)15-9-4-2-3-6-13(15)11-16/h12-14,16H,2-11H2,1H3. The number of hydrogen-bond donors (Lipinski definition) is 1. The van der Waals surface area contributed by atoms with Crippen LogP contribution in [-0.4, -0.2) is 48.5 Å². The zero-order valence-electron chi connectivity index (χ0n) is 11.1. The highest BCUT2D eigenvalue weighted by Gasteiger charge is 2.31. The molecule has 1 heterocycles. The van der Waals surface area contributed by atoms with Gasteiger partial charge in [-0.25, -0.2) is 0 Å². The first-order valence-corrected chi connectivity index (χ1v) is 7.24. The Bertz CT molecular complexity index is 222. The van der Waals surface area contributed by atoms with Crippen LogP contribution in [0.4, 0.5) is 0 Å². The molecule has 100 valence electrons. The highest BCUT2D eigenvalue weighted by Crippen LogP contribution is 2.29. The Balaban J connectivity index is 1.96. The van der Waals surface area contributed by atoms with Crippen LogP contribution in [0.1, 0.15) is 51.4 Å². The van der Waals surface area contributed by atoms with Gasteiger partial charge in [0.25, 0.3) is 0 Å². The van der Waals surface area contributed by atoms with E-state index >= 15 is 0 Å². The van der Waals surface area contributed by atoms with Crippen molar-refractivity contribution in [1.82, 2.24) is 4.90 Å². The predicted molar refractivity (Wildman–Crippen MR) is 69.1 cm³/mol. The molecule has 0 aromatic heterocycles. The van der Waals surface area contributed by atoms with E-state index in [1.807, 2.05) is 7.11 Å². The summed E-state index contributed by atoms with van der Waals surface area (Å²) in [6.45, 7) is 1.50. The van der Waals surface area contributed by atoms with Crippen LogP contribution in [0.15, 0.2) is 0 Å². The molecule has 0 aromatic carbocycles. The van der Waals surface area contributed by atoms with Crippen molar-refractivity contribution in [3.63, 3.8) is 0 Å². The van der Waals surface area contributed by atoms with Crippen LogP contribution >= 0.6 is 0 Å². The highest BCUT2D eigenvalue weighted by atomic mass is 16.5. The van der Waals surface area contributed by atoms with Gasteiger partial charge in [0.1, 0.15) is 0 Å². The average molecular weight is 241 g/mol. The minimum Gasteiger partial charge on any atom is -0.395 e. The largest absolute Gasteiger partial charge is 0.395 e. The Hall–Kier alpha value is -0.120. The van der Waals surface area contributed by atoms with Crippen molar-refractivity contribution in [3.05, 3.63) is 0 Å². The number of rotatable bonds is 3. The lowest BCUT2D eigenvalue weighted by molar-refractivity contribution is 0.00459. The van der Waals surface area contributed by atoms with Gasteiger partial charge in [0.05, 0.1) is 12.7 Å². The van der Waals surface area contributed by atoms with Crippen LogP contribution < -0.4 is 0 Å². The molecule has 2 rings (SSSR count). The molecular formula is C14H27NO2. The molecule has 1 saturated carbocycles. The van der Waals surface area contributed by atoms with Crippen molar-refractivity contribution >= 4 is 0 Å². The van der Waals surface area contributed by atoms with Crippen molar-refractivity contribution in [2.75, 3.05) is 20.3 Å². The van der Waals surface area contributed by atoms with Crippen LogP contribution in [0.2, 0.25) is 0 Å². The first kappa shape index (κ1) is 13.3. The lowest BCUT2D eigenvalue weighted by Gasteiger charge is -2.40. The average Bonchev–Trinajstić information content (AvgIpc) is 2.63. The minimum absolute atomic E-state index is 0.328. The van der Waals surface area contributed by atoms with Crippen molar-refractivity contribution in [2.45, 2.75) is 69.6 Å². The lowest BCUT2D eigenvalue weighted by atomic mass is 9.90. The molecule has 0 aromatic rings. The number of methoxy groups -OCH3 is 1. The summed E-state index contributed by atoms with van der Waals surface area (Å²) in [6.07, 6.45) is 10.5. The maximum absolute atomic E-state index is 9.57. The minimum atomic E-state index is 0.328. The Kier molecular flexibility index (Phi) is 5.26. The zero-order valence-corrected chi connectivity index (χ0v) is 11.1. The normalized spacial score (nSPS) is 36.7. The van der Waals surface area contributed by atoms with Gasteiger partial charge < -0.3 is 9.84 Å². The second-order valence-corrected chi connectivity index (χ2v) is 5.60. The molecule has 3 heteroatoms. The maximum Gasteiger partial charge on any atom is 0.0586 e. The van der Waals surface area contributed by atoms with E-state index in [-0.39, 0.29) is 0 Å². The molecule has 3 unspecified atom stereocenters. The van der Waals surface area contributed by atoms with Gasteiger partial charge in [-0.3, -0.25) is 4.90 Å². The molecule has 0 amide bonds. The first-order valence-electron chi connectivity index (χ1n) is 7.24. The maximum atomic E-state index is 9.57. The smallest absolute Gasteiger partial charge is 0.0586 e. The molecule has 2 fully saturated rings. The van der Waals surface area contributed by atoms with Crippen LogP contribution in [0.3, 0.4) is 0 Å². The van der Waals surface area contributed by atoms with Crippen LogP contribution in [-0.2, 0) is 4.74 Å². The summed E-state index contributed by atoms with van der Waals surface area (Å²) in [5.74, 6) is 0. The second-order valence-electron chi connectivity index (χ2n) is 5.60. The third-order valence-corrected chi connectivity index (χ3v) is 4.53. The third kappa shape index (κ3) is 3.43. The number of aliphatic hydroxyl groups is 1. The predicted octanol–water partition coefficient (Wildman–Crippen LogP) is 2.18. The monoisotopic (exact) mass is 241 g/mol. The summed E-state index contributed by atoms with van der Waals surface area (Å²) in [4.78, 5) is 2.58. The summed E-state index contributed by atoms with van der Waals surface area (Å²) in [6, 6.07) is 1.04. The van der Waals surface area contributed by atoms with Crippen LogP contribution in [0.5, 0.6) is 0 Å². The van der Waals surface area contributed by atoms with Crippen molar-refractivity contribution in [1.29, 1.82) is 0 Å². The van der Waals surface area contributed by atoms with Gasteiger partial charge in [0.15, 0.2) is 0 Å². The van der Waals surface area contributed by atoms with E-state index in [9.17, 15) is 5.11 Å². The van der Waals surface area contributed by atoms with Gasteiger partial charge >= 0.3 is 0 Å². The molecule has 3 atom stereocenters. The molecule has 0 bridgehead atoms. The van der Waals surface area contributed by atoms with Crippen molar-refractivity contribution in [3.8, 4) is 0 Å². The lowest BCUT2D eigenvalue weighted by Crippen LogP contribution is -2.47. The Morgan fingerprint density at radius 1 is 1.12 bits per heavy atom. The van der Waals surface area contributed by atoms with E-state index in [0.717, 1.165) is 6.42 Å². The Morgan fingerprint density at radius 2 is 2.00 bits per heavy atom. The molecule has 17 heavy (non-hydrogen) atoms. The summed E-state index contributed by atoms with van der Waals surface area (Å²) >= 11 is 0. The van der Waals surface area contributed by atoms with E-state index in [2.05, 4.69) is 4.90 Å². The zero-order chi connectivity index (χ0) is 12.1. The number of aliphatic hydroxyl groups excluding tert-OH is 1. The molecule has 3 nitrogen and oxygen atoms in total. The number of ether oxygens (including phenoxy) is 1. The quantitative estimate of drug-likeness (QED) is 0.822. The van der Waals surface area contributed by atoms with Gasteiger partial charge in [-0.1, -0.05) is 12.8 Å². The van der Waals surface area contributed by atoms with Gasteiger partial charge in [-0.2, -0.15) is 0 Å². The summed E-state index contributed by atoms with van der Waals surface area (Å²) < 4.78 is 5.52. The highest BCUT2D eigenvalue weighted by molar-refractivity contribution is 4.86. The fourth-order valence-electron chi connectivity index (χ4n) is 3.51. The molecule has 1 aliphatic carbocycles. The molecule has 2 aliphatic rings. The summed E-state index contributed by atoms with van der Waals surface area (Å²) in [5, 5.41) is 9.57. The van der Waals surface area contributed by atoms with Gasteiger partial charge in [-0.15, -0.1) is 0 Å². The molecule has 0 radical (unpaired) electrons. The van der Waals surface area contributed by atoms with E-state index in [0.29, 0.717) is 24.8 Å². The molecule has 1 N–H and O–H groups in total. The van der Waals surface area contributed by atoms with Gasteiger partial charge in [0.2, 0.25) is 0 Å². The van der Waals surface area contributed by atoms with E-state index in [4.69, 9.17) is 4.74 Å². The third-order valence-electron chi connectivity index (χ3n) is 4.53. The fraction of sp³-hybridized carbons (Fsp3) is 1.00. The Morgan fingerprint density at radius 3 is 2.76 bits per heavy atom. The fourth-order valence-corrected chi connectivity index (χ4v) is 3.51. The first-order chi connectivity index (χ1) is 8.35. The van der Waals surface area contributed by atoms with Crippen LogP contribution in [0.25, 0.3) is 0 Å². The van der Waals surface area contributed by atoms with E-state index in [1.54, 1.807) is 0 Å². The number of nitrogens with zero attached hydrogens (tertiary/aromatic N) is 1. The SMILES string of the molecule is COC1CCCC(N2CCCCCC2CO)C1. The van der Waals surface area contributed by atoms with E-state index in [1.165, 1.54) is 51.5 Å². The molecule has 0 spiro atoms. The number of likely N-dealkylation sites (tertiary alicyclic amines) is 1. The molecular weight excluding hydrogens is 214 g/mol. The van der Waals surface area contributed by atoms with E-state index < -0.39 is 0 Å². The van der Waals surface area contributed by atoms with Gasteiger partial charge in [0, 0.05) is 19.2 Å². The van der Waals surface area contributed by atoms with Crippen LogP contribution in [0, 0.1) is 0 Å². The summed E-state index contributed by atoms with van der Waals surface area (Å²) in [5.41, 5.74) is 0. The molecule has 1 saturated heterocycles. The van der Waals surface area contributed by atoms with Crippen molar-refractivity contribution < 1.29 is 9.84 Å². The van der Waals surface area contributed by atoms with Gasteiger partial charge in [-0.05, 0) is 45.1 Å². The molecule has 1 aliphatic heterocycles. The second kappa shape index (κ2) is 6.72. The summed E-state index contributed by atoms with van der Waals surface area (Å²) in [7, 11) is 1.83. The van der Waals surface area contributed by atoms with Crippen molar-refractivity contribution in [2.24, 2.45) is 0 Å². The Labute approximate surface area is 105 Å². The number of hydrogen-bond acceptors (Lipinski definition) is 3.